The lowest BCUT2D eigenvalue weighted by Crippen LogP contribution is -2.48. The van der Waals surface area contributed by atoms with Crippen LogP contribution in [0.3, 0.4) is 0 Å². The predicted molar refractivity (Wildman–Crippen MR) is 111 cm³/mol. The van der Waals surface area contributed by atoms with E-state index in [9.17, 15) is 13.2 Å². The van der Waals surface area contributed by atoms with Gasteiger partial charge < -0.3 is 9.64 Å². The van der Waals surface area contributed by atoms with Crippen LogP contribution in [0.1, 0.15) is 16.1 Å². The second-order valence-corrected chi connectivity index (χ2v) is 9.37. The third-order valence-corrected chi connectivity index (χ3v) is 7.39. The number of hydrogen-bond acceptors (Lipinski definition) is 6. The zero-order valence-corrected chi connectivity index (χ0v) is 17.6. The molecule has 0 spiro atoms. The fourth-order valence-corrected chi connectivity index (χ4v) is 5.13. The van der Waals surface area contributed by atoms with Gasteiger partial charge in [-0.15, -0.1) is 0 Å². The Morgan fingerprint density at radius 2 is 1.63 bits per heavy atom. The molecule has 2 aliphatic heterocycles. The Morgan fingerprint density at radius 3 is 2.27 bits per heavy atom. The van der Waals surface area contributed by atoms with E-state index in [1.165, 1.54) is 16.4 Å². The maximum atomic E-state index is 12.8. The van der Waals surface area contributed by atoms with Crippen molar-refractivity contribution in [3.8, 4) is 0 Å². The van der Waals surface area contributed by atoms with Gasteiger partial charge in [0.1, 0.15) is 0 Å². The standard InChI is InChI=1S/C21H26N4O4S/c26-21(24-11-9-23(10-12-24)17-19-3-1-2-8-22-19)18-4-6-20(7-5-18)30(27,28)25-13-15-29-16-14-25/h1-8H,9-17H2. The summed E-state index contributed by atoms with van der Waals surface area (Å²) in [6, 6.07) is 12.1. The summed E-state index contributed by atoms with van der Waals surface area (Å²) >= 11 is 0. The summed E-state index contributed by atoms with van der Waals surface area (Å²) in [4.78, 5) is 21.5. The molecule has 2 aromatic rings. The number of piperazine rings is 1. The van der Waals surface area contributed by atoms with Crippen molar-refractivity contribution in [3.63, 3.8) is 0 Å². The summed E-state index contributed by atoms with van der Waals surface area (Å²) in [6.45, 7) is 5.13. The van der Waals surface area contributed by atoms with Gasteiger partial charge in [-0.1, -0.05) is 6.07 Å². The molecule has 3 heterocycles. The molecule has 160 valence electrons. The number of carbonyl (C=O) groups is 1. The largest absolute Gasteiger partial charge is 0.379 e. The number of aromatic nitrogens is 1. The van der Waals surface area contributed by atoms with Crippen LogP contribution in [-0.2, 0) is 21.3 Å². The molecule has 30 heavy (non-hydrogen) atoms. The molecule has 2 aliphatic rings. The number of hydrogen-bond donors (Lipinski definition) is 0. The number of rotatable bonds is 5. The Kier molecular flexibility index (Phi) is 6.43. The van der Waals surface area contributed by atoms with Crippen LogP contribution in [0, 0.1) is 0 Å². The summed E-state index contributed by atoms with van der Waals surface area (Å²) in [7, 11) is -3.55. The SMILES string of the molecule is O=C(c1ccc(S(=O)(=O)N2CCOCC2)cc1)N1CCN(Cc2ccccn2)CC1. The van der Waals surface area contributed by atoms with Crippen LogP contribution < -0.4 is 0 Å². The van der Waals surface area contributed by atoms with E-state index in [0.717, 1.165) is 25.3 Å². The number of amides is 1. The smallest absolute Gasteiger partial charge is 0.253 e. The highest BCUT2D eigenvalue weighted by Gasteiger charge is 2.27. The minimum absolute atomic E-state index is 0.0668. The quantitative estimate of drug-likeness (QED) is 0.706. The Morgan fingerprint density at radius 1 is 0.933 bits per heavy atom. The Hall–Kier alpha value is -2.33. The van der Waals surface area contributed by atoms with Gasteiger partial charge in [-0.3, -0.25) is 14.7 Å². The number of carbonyl (C=O) groups excluding carboxylic acids is 1. The number of ether oxygens (including phenoxy) is 1. The second kappa shape index (κ2) is 9.22. The molecule has 0 unspecified atom stereocenters. The minimum Gasteiger partial charge on any atom is -0.379 e. The molecule has 0 bridgehead atoms. The number of pyridine rings is 1. The molecule has 1 aromatic carbocycles. The minimum atomic E-state index is -3.55. The number of benzene rings is 1. The van der Waals surface area contributed by atoms with Gasteiger partial charge in [0.2, 0.25) is 10.0 Å². The average Bonchev–Trinajstić information content (AvgIpc) is 2.80. The van der Waals surface area contributed by atoms with E-state index in [1.807, 2.05) is 23.1 Å². The molecule has 0 saturated carbocycles. The Bertz CT molecular complexity index is 952. The highest BCUT2D eigenvalue weighted by molar-refractivity contribution is 7.89. The zero-order valence-electron chi connectivity index (χ0n) is 16.8. The van der Waals surface area contributed by atoms with Crippen LogP contribution in [0.4, 0.5) is 0 Å². The Labute approximate surface area is 177 Å². The molecule has 0 aliphatic carbocycles. The lowest BCUT2D eigenvalue weighted by atomic mass is 10.2. The highest BCUT2D eigenvalue weighted by Crippen LogP contribution is 2.19. The Balaban J connectivity index is 1.35. The van der Waals surface area contributed by atoms with Crippen LogP contribution in [-0.4, -0.2) is 85.9 Å². The first kappa shape index (κ1) is 20.9. The molecular formula is C21H26N4O4S. The molecule has 9 heteroatoms. The maximum Gasteiger partial charge on any atom is 0.253 e. The molecule has 0 N–H and O–H groups in total. The van der Waals surface area contributed by atoms with Crippen LogP contribution >= 0.6 is 0 Å². The van der Waals surface area contributed by atoms with E-state index in [-0.39, 0.29) is 10.8 Å². The van der Waals surface area contributed by atoms with Gasteiger partial charge in [0.25, 0.3) is 5.91 Å². The first-order chi connectivity index (χ1) is 14.5. The van der Waals surface area contributed by atoms with Gasteiger partial charge in [-0.2, -0.15) is 4.31 Å². The van der Waals surface area contributed by atoms with Crippen molar-refractivity contribution in [2.75, 3.05) is 52.5 Å². The third kappa shape index (κ3) is 4.70. The molecule has 2 fully saturated rings. The molecule has 8 nitrogen and oxygen atoms in total. The molecule has 1 aromatic heterocycles. The summed E-state index contributed by atoms with van der Waals surface area (Å²) in [5.74, 6) is -0.0668. The van der Waals surface area contributed by atoms with Crippen LogP contribution in [0.15, 0.2) is 53.6 Å². The third-order valence-electron chi connectivity index (χ3n) is 5.48. The summed E-state index contributed by atoms with van der Waals surface area (Å²) in [6.07, 6.45) is 1.79. The predicted octanol–water partition coefficient (Wildman–Crippen LogP) is 1.06. The second-order valence-electron chi connectivity index (χ2n) is 7.43. The van der Waals surface area contributed by atoms with E-state index in [2.05, 4.69) is 9.88 Å². The number of sulfonamides is 1. The van der Waals surface area contributed by atoms with Crippen molar-refractivity contribution in [2.24, 2.45) is 0 Å². The summed E-state index contributed by atoms with van der Waals surface area (Å²) < 4.78 is 32.1. The van der Waals surface area contributed by atoms with Gasteiger partial charge in [-0.05, 0) is 36.4 Å². The molecule has 0 atom stereocenters. The van der Waals surface area contributed by atoms with Crippen molar-refractivity contribution < 1.29 is 17.9 Å². The lowest BCUT2D eigenvalue weighted by molar-refractivity contribution is 0.0627. The lowest BCUT2D eigenvalue weighted by Gasteiger charge is -2.34. The first-order valence-corrected chi connectivity index (χ1v) is 11.6. The van der Waals surface area contributed by atoms with Gasteiger partial charge in [0.05, 0.1) is 23.8 Å². The van der Waals surface area contributed by atoms with Crippen molar-refractivity contribution in [3.05, 3.63) is 59.9 Å². The van der Waals surface area contributed by atoms with E-state index < -0.39 is 10.0 Å². The van der Waals surface area contributed by atoms with Gasteiger partial charge >= 0.3 is 0 Å². The monoisotopic (exact) mass is 430 g/mol. The van der Waals surface area contributed by atoms with Crippen LogP contribution in [0.5, 0.6) is 0 Å². The maximum absolute atomic E-state index is 12.8. The zero-order chi connectivity index (χ0) is 21.0. The van der Waals surface area contributed by atoms with Gasteiger partial charge in [-0.25, -0.2) is 8.42 Å². The summed E-state index contributed by atoms with van der Waals surface area (Å²) in [5.41, 5.74) is 1.53. The first-order valence-electron chi connectivity index (χ1n) is 10.1. The van der Waals surface area contributed by atoms with Gasteiger partial charge in [0.15, 0.2) is 0 Å². The van der Waals surface area contributed by atoms with Crippen molar-refractivity contribution in [1.82, 2.24) is 19.1 Å². The fraction of sp³-hybridized carbons (Fsp3) is 0.429. The van der Waals surface area contributed by atoms with E-state index >= 15 is 0 Å². The normalized spacial score (nSPS) is 19.0. The molecule has 1 amide bonds. The molecule has 4 rings (SSSR count). The average molecular weight is 431 g/mol. The summed E-state index contributed by atoms with van der Waals surface area (Å²) in [5, 5.41) is 0. The fourth-order valence-electron chi connectivity index (χ4n) is 3.72. The highest BCUT2D eigenvalue weighted by atomic mass is 32.2. The van der Waals surface area contributed by atoms with Crippen LogP contribution in [0.2, 0.25) is 0 Å². The van der Waals surface area contributed by atoms with Gasteiger partial charge in [0, 0.05) is 57.6 Å². The number of morpholine rings is 1. The topological polar surface area (TPSA) is 83.0 Å². The molecular weight excluding hydrogens is 404 g/mol. The van der Waals surface area contributed by atoms with E-state index in [4.69, 9.17) is 4.74 Å². The van der Waals surface area contributed by atoms with E-state index in [1.54, 1.807) is 18.3 Å². The van der Waals surface area contributed by atoms with Crippen molar-refractivity contribution in [1.29, 1.82) is 0 Å². The van der Waals surface area contributed by atoms with E-state index in [0.29, 0.717) is 45.0 Å². The van der Waals surface area contributed by atoms with Crippen molar-refractivity contribution in [2.45, 2.75) is 11.4 Å². The van der Waals surface area contributed by atoms with Crippen LogP contribution in [0.25, 0.3) is 0 Å². The molecule has 0 radical (unpaired) electrons. The van der Waals surface area contributed by atoms with Crippen molar-refractivity contribution >= 4 is 15.9 Å². The number of nitrogens with zero attached hydrogens (tertiary/aromatic N) is 4. The molecule has 2 saturated heterocycles.